The molecule has 0 radical (unpaired) electrons. The lowest BCUT2D eigenvalue weighted by atomic mass is 9.85. The third-order valence-corrected chi connectivity index (χ3v) is 4.90. The monoisotopic (exact) mass is 284 g/mol. The van der Waals surface area contributed by atoms with Crippen LogP contribution in [0.3, 0.4) is 0 Å². The summed E-state index contributed by atoms with van der Waals surface area (Å²) < 4.78 is 5.37. The van der Waals surface area contributed by atoms with Crippen molar-refractivity contribution in [3.63, 3.8) is 0 Å². The van der Waals surface area contributed by atoms with E-state index in [0.29, 0.717) is 18.4 Å². The number of carbonyl (C=O) groups is 1. The van der Waals surface area contributed by atoms with Crippen LogP contribution in [0.1, 0.15) is 33.8 Å². The smallest absolute Gasteiger partial charge is 0.251 e. The molecule has 3 aliphatic heterocycles. The Bertz CT molecular complexity index is 609. The maximum Gasteiger partial charge on any atom is 0.251 e. The molecule has 110 valence electrons. The maximum absolute atomic E-state index is 12.4. The first-order chi connectivity index (χ1) is 10.3. The summed E-state index contributed by atoms with van der Waals surface area (Å²) in [5.74, 6) is 1.05. The average Bonchev–Trinajstić information content (AvgIpc) is 2.96. The van der Waals surface area contributed by atoms with Gasteiger partial charge in [-0.25, -0.2) is 0 Å². The molecule has 3 heterocycles. The van der Waals surface area contributed by atoms with Gasteiger partial charge in [0.15, 0.2) is 0 Å². The van der Waals surface area contributed by atoms with E-state index >= 15 is 0 Å². The second-order valence-corrected chi connectivity index (χ2v) is 6.09. The van der Waals surface area contributed by atoms with Crippen molar-refractivity contribution in [3.8, 4) is 0 Å². The van der Waals surface area contributed by atoms with E-state index in [-0.39, 0.29) is 5.91 Å². The molecular formula is C17H20N2O2. The van der Waals surface area contributed by atoms with Crippen molar-refractivity contribution in [1.29, 1.82) is 0 Å². The molecule has 0 bridgehead atoms. The molecule has 1 saturated heterocycles. The van der Waals surface area contributed by atoms with Crippen molar-refractivity contribution >= 4 is 11.5 Å². The Morgan fingerprint density at radius 1 is 1.19 bits per heavy atom. The molecule has 4 heteroatoms. The normalized spacial score (nSPS) is 28.2. The quantitative estimate of drug-likeness (QED) is 0.822. The number of rotatable bonds is 1. The van der Waals surface area contributed by atoms with E-state index in [0.717, 1.165) is 43.8 Å². The predicted octanol–water partition coefficient (Wildman–Crippen LogP) is 1.54. The minimum absolute atomic E-state index is 0.0777. The Kier molecular flexibility index (Phi) is 3.28. The van der Waals surface area contributed by atoms with Crippen LogP contribution >= 0.6 is 0 Å². The van der Waals surface area contributed by atoms with Crippen molar-refractivity contribution < 1.29 is 9.53 Å². The van der Waals surface area contributed by atoms with E-state index in [1.165, 1.54) is 11.1 Å². The number of nitrogens with one attached hydrogen (secondary N) is 2. The van der Waals surface area contributed by atoms with Crippen LogP contribution in [-0.4, -0.2) is 38.8 Å². The summed E-state index contributed by atoms with van der Waals surface area (Å²) in [6.45, 7) is 4.19. The molecule has 0 aromatic heterocycles. The van der Waals surface area contributed by atoms with Gasteiger partial charge in [-0.3, -0.25) is 4.79 Å². The lowest BCUT2D eigenvalue weighted by molar-refractivity contribution is 0.0952. The lowest BCUT2D eigenvalue weighted by Crippen LogP contribution is -2.28. The fraction of sp³-hybridized carbons (Fsp3) is 0.471. The van der Waals surface area contributed by atoms with Gasteiger partial charge in [0.1, 0.15) is 0 Å². The van der Waals surface area contributed by atoms with Gasteiger partial charge < -0.3 is 15.4 Å². The summed E-state index contributed by atoms with van der Waals surface area (Å²) in [5, 5.41) is 6.53. The average molecular weight is 284 g/mol. The number of hydrogen-bond acceptors (Lipinski definition) is 3. The van der Waals surface area contributed by atoms with Crippen LogP contribution in [-0.2, 0) is 4.74 Å². The Balaban J connectivity index is 1.76. The zero-order valence-corrected chi connectivity index (χ0v) is 12.0. The number of ether oxygens (including phenoxy) is 1. The zero-order chi connectivity index (χ0) is 14.2. The predicted molar refractivity (Wildman–Crippen MR) is 81.3 cm³/mol. The molecule has 0 saturated carbocycles. The van der Waals surface area contributed by atoms with Gasteiger partial charge in [-0.1, -0.05) is 18.2 Å². The molecule has 21 heavy (non-hydrogen) atoms. The van der Waals surface area contributed by atoms with Crippen molar-refractivity contribution in [3.05, 3.63) is 41.0 Å². The van der Waals surface area contributed by atoms with Gasteiger partial charge in [-0.2, -0.15) is 0 Å². The van der Waals surface area contributed by atoms with Gasteiger partial charge in [-0.15, -0.1) is 0 Å². The fourth-order valence-electron chi connectivity index (χ4n) is 3.70. The highest BCUT2D eigenvalue weighted by atomic mass is 16.5. The summed E-state index contributed by atoms with van der Waals surface area (Å²) in [5.41, 5.74) is 4.52. The Morgan fingerprint density at radius 2 is 2.14 bits per heavy atom. The highest BCUT2D eigenvalue weighted by Crippen LogP contribution is 2.34. The maximum atomic E-state index is 12.4. The van der Waals surface area contributed by atoms with Crippen LogP contribution < -0.4 is 10.6 Å². The standard InChI is InChI=1S/C17H20N2O2/c20-17-15-7-12(11-3-5-21-6-4-11)1-2-14(15)16-10-18-8-13(16)9-19-17/h1-3,7,13,16,18H,4-6,8-10H2,(H,19,20)/t13-,16+/m1/s1. The van der Waals surface area contributed by atoms with Crippen molar-refractivity contribution in [2.45, 2.75) is 12.3 Å². The van der Waals surface area contributed by atoms with E-state index in [1.807, 2.05) is 0 Å². The minimum Gasteiger partial charge on any atom is -0.377 e. The molecule has 1 fully saturated rings. The Labute approximate surface area is 124 Å². The summed E-state index contributed by atoms with van der Waals surface area (Å²) in [7, 11) is 0. The van der Waals surface area contributed by atoms with Crippen LogP contribution in [0.5, 0.6) is 0 Å². The van der Waals surface area contributed by atoms with Gasteiger partial charge in [0.2, 0.25) is 0 Å². The van der Waals surface area contributed by atoms with Crippen LogP contribution in [0.15, 0.2) is 24.3 Å². The number of fused-ring (bicyclic) bond motifs is 3. The second kappa shape index (κ2) is 5.28. The second-order valence-electron chi connectivity index (χ2n) is 6.09. The number of amides is 1. The van der Waals surface area contributed by atoms with E-state index in [4.69, 9.17) is 4.74 Å². The zero-order valence-electron chi connectivity index (χ0n) is 12.0. The fourth-order valence-corrected chi connectivity index (χ4v) is 3.70. The van der Waals surface area contributed by atoms with Crippen LogP contribution in [0.4, 0.5) is 0 Å². The first-order valence-electron chi connectivity index (χ1n) is 7.73. The molecule has 1 amide bonds. The third kappa shape index (κ3) is 2.28. The third-order valence-electron chi connectivity index (χ3n) is 4.90. The van der Waals surface area contributed by atoms with Gasteiger partial charge in [0.25, 0.3) is 5.91 Å². The first kappa shape index (κ1) is 13.0. The minimum atomic E-state index is 0.0777. The highest BCUT2D eigenvalue weighted by molar-refractivity contribution is 5.97. The van der Waals surface area contributed by atoms with Crippen LogP contribution in [0.25, 0.3) is 5.57 Å². The summed E-state index contributed by atoms with van der Waals surface area (Å²) >= 11 is 0. The van der Waals surface area contributed by atoms with Gasteiger partial charge >= 0.3 is 0 Å². The largest absolute Gasteiger partial charge is 0.377 e. The number of carbonyl (C=O) groups excluding carboxylic acids is 1. The van der Waals surface area contributed by atoms with Gasteiger partial charge in [0.05, 0.1) is 13.2 Å². The molecule has 1 aromatic rings. The SMILES string of the molecule is O=C1NC[C@H]2CNC[C@@H]2c2ccc(C3=CCOCC3)cc21. The molecule has 0 unspecified atom stereocenters. The molecule has 2 atom stereocenters. The Morgan fingerprint density at radius 3 is 3.00 bits per heavy atom. The molecule has 0 aliphatic carbocycles. The van der Waals surface area contributed by atoms with Gasteiger partial charge in [-0.05, 0) is 35.1 Å². The van der Waals surface area contributed by atoms with Crippen molar-refractivity contribution in [2.75, 3.05) is 32.8 Å². The molecule has 0 spiro atoms. The molecule has 3 aliphatic rings. The first-order valence-corrected chi connectivity index (χ1v) is 7.73. The number of hydrogen-bond donors (Lipinski definition) is 2. The summed E-state index contributed by atoms with van der Waals surface area (Å²) in [6.07, 6.45) is 3.05. The van der Waals surface area contributed by atoms with Crippen molar-refractivity contribution in [2.24, 2.45) is 5.92 Å². The van der Waals surface area contributed by atoms with Crippen LogP contribution in [0, 0.1) is 5.92 Å². The van der Waals surface area contributed by atoms with Gasteiger partial charge in [0, 0.05) is 31.1 Å². The topological polar surface area (TPSA) is 50.4 Å². The molecule has 4 nitrogen and oxygen atoms in total. The van der Waals surface area contributed by atoms with Crippen LogP contribution in [0.2, 0.25) is 0 Å². The van der Waals surface area contributed by atoms with E-state index in [1.54, 1.807) is 0 Å². The van der Waals surface area contributed by atoms with E-state index < -0.39 is 0 Å². The number of benzene rings is 1. The summed E-state index contributed by atoms with van der Waals surface area (Å²) in [6, 6.07) is 6.41. The molecule has 1 aromatic carbocycles. The highest BCUT2D eigenvalue weighted by Gasteiger charge is 2.34. The summed E-state index contributed by atoms with van der Waals surface area (Å²) in [4.78, 5) is 12.4. The molecule has 4 rings (SSSR count). The van der Waals surface area contributed by atoms with E-state index in [9.17, 15) is 4.79 Å². The van der Waals surface area contributed by atoms with E-state index in [2.05, 4.69) is 34.9 Å². The molecular weight excluding hydrogens is 264 g/mol. The van der Waals surface area contributed by atoms with Crippen molar-refractivity contribution in [1.82, 2.24) is 10.6 Å². The Hall–Kier alpha value is -1.65. The molecule has 2 N–H and O–H groups in total. The lowest BCUT2D eigenvalue weighted by Gasteiger charge is -2.18.